The number of nitrogens with zero attached hydrogens (tertiary/aromatic N) is 1. The Hall–Kier alpha value is -1.54. The van der Waals surface area contributed by atoms with Crippen molar-refractivity contribution >= 4 is 0 Å². The van der Waals surface area contributed by atoms with E-state index in [0.717, 1.165) is 6.07 Å². The van der Waals surface area contributed by atoms with Gasteiger partial charge in [0, 0.05) is 0 Å². The van der Waals surface area contributed by atoms with E-state index in [1.807, 2.05) is 0 Å². The van der Waals surface area contributed by atoms with Gasteiger partial charge in [-0.1, -0.05) is 12.1 Å². The zero-order valence-electron chi connectivity index (χ0n) is 7.45. The number of ether oxygens (including phenoxy) is 1. The second kappa shape index (κ2) is 4.32. The van der Waals surface area contributed by atoms with E-state index in [4.69, 9.17) is 5.26 Å². The minimum atomic E-state index is -4.59. The van der Waals surface area contributed by atoms with Crippen LogP contribution in [0.1, 0.15) is 17.2 Å². The van der Waals surface area contributed by atoms with E-state index in [0.29, 0.717) is 0 Å². The minimum absolute atomic E-state index is 0.124. The summed E-state index contributed by atoms with van der Waals surface area (Å²) in [5.41, 5.74) is -0.0668. The number of benzene rings is 1. The van der Waals surface area contributed by atoms with E-state index in [9.17, 15) is 13.2 Å². The lowest BCUT2D eigenvalue weighted by atomic mass is 10.1. The van der Waals surface area contributed by atoms with Crippen LogP contribution in [0.3, 0.4) is 0 Å². The van der Waals surface area contributed by atoms with Gasteiger partial charge in [-0.2, -0.15) is 18.4 Å². The fourth-order valence-electron chi connectivity index (χ4n) is 1.12. The summed E-state index contributed by atoms with van der Waals surface area (Å²) in [6, 6.07) is 6.76. The van der Waals surface area contributed by atoms with Crippen molar-refractivity contribution in [2.45, 2.75) is 12.3 Å². The minimum Gasteiger partial charge on any atom is -0.355 e. The maximum absolute atomic E-state index is 12.4. The maximum Gasteiger partial charge on any atom is 0.418 e. The summed E-state index contributed by atoms with van der Waals surface area (Å²) >= 11 is 0. The number of alkyl halides is 3. The van der Waals surface area contributed by atoms with Crippen molar-refractivity contribution in [3.05, 3.63) is 42.5 Å². The molecule has 0 fully saturated rings. The van der Waals surface area contributed by atoms with Crippen LogP contribution in [-0.2, 0) is 4.74 Å². The highest BCUT2D eigenvalue weighted by molar-refractivity contribution is 5.34. The quantitative estimate of drug-likeness (QED) is 0.756. The van der Waals surface area contributed by atoms with Crippen molar-refractivity contribution in [3.8, 4) is 6.07 Å². The van der Waals surface area contributed by atoms with Crippen molar-refractivity contribution in [2.24, 2.45) is 0 Å². The molecular formula is C10H6F3NO. The molecule has 78 valence electrons. The lowest BCUT2D eigenvalue weighted by molar-refractivity contribution is -0.209. The SMILES string of the molecule is [CH]OC(c1cccc(C#N)c1)C(F)(F)F. The predicted octanol–water partition coefficient (Wildman–Crippen LogP) is 2.85. The van der Waals surface area contributed by atoms with E-state index < -0.39 is 12.3 Å². The van der Waals surface area contributed by atoms with E-state index in [2.05, 4.69) is 11.8 Å². The predicted molar refractivity (Wildman–Crippen MR) is 45.3 cm³/mol. The van der Waals surface area contributed by atoms with Gasteiger partial charge in [0.2, 0.25) is 0 Å². The Morgan fingerprint density at radius 3 is 2.53 bits per heavy atom. The zero-order valence-corrected chi connectivity index (χ0v) is 7.45. The molecule has 1 rings (SSSR count). The molecule has 0 spiro atoms. The number of hydrogen-bond donors (Lipinski definition) is 0. The van der Waals surface area contributed by atoms with Gasteiger partial charge in [-0.15, -0.1) is 0 Å². The Morgan fingerprint density at radius 1 is 1.40 bits per heavy atom. The maximum atomic E-state index is 12.4. The third-order valence-electron chi connectivity index (χ3n) is 1.75. The van der Waals surface area contributed by atoms with Gasteiger partial charge in [-0.25, -0.2) is 0 Å². The summed E-state index contributed by atoms with van der Waals surface area (Å²) in [6.07, 6.45) is -6.80. The first-order valence-corrected chi connectivity index (χ1v) is 3.91. The summed E-state index contributed by atoms with van der Waals surface area (Å²) in [4.78, 5) is 0. The molecule has 0 heterocycles. The molecule has 1 aromatic carbocycles. The van der Waals surface area contributed by atoms with Crippen LogP contribution in [0.4, 0.5) is 13.2 Å². The van der Waals surface area contributed by atoms with Crippen LogP contribution in [0.25, 0.3) is 0 Å². The average molecular weight is 213 g/mol. The second-order valence-electron chi connectivity index (χ2n) is 2.80. The third-order valence-corrected chi connectivity index (χ3v) is 1.75. The van der Waals surface area contributed by atoms with Gasteiger partial charge in [-0.05, 0) is 17.7 Å². The van der Waals surface area contributed by atoms with Crippen molar-refractivity contribution < 1.29 is 17.9 Å². The molecule has 2 radical (unpaired) electrons. The highest BCUT2D eigenvalue weighted by Gasteiger charge is 2.41. The molecule has 1 unspecified atom stereocenters. The van der Waals surface area contributed by atoms with Gasteiger partial charge in [0.05, 0.1) is 11.6 Å². The lowest BCUT2D eigenvalue weighted by Gasteiger charge is -2.18. The molecule has 0 aliphatic carbocycles. The first kappa shape index (κ1) is 11.5. The van der Waals surface area contributed by atoms with E-state index in [-0.39, 0.29) is 11.1 Å². The molecule has 2 nitrogen and oxygen atoms in total. The molecule has 0 bridgehead atoms. The Bertz CT molecular complexity index is 381. The summed E-state index contributed by atoms with van der Waals surface area (Å²) in [6.45, 7) is 0. The van der Waals surface area contributed by atoms with Gasteiger partial charge in [-0.3, -0.25) is 0 Å². The highest BCUT2D eigenvalue weighted by atomic mass is 19.4. The molecule has 0 aromatic heterocycles. The van der Waals surface area contributed by atoms with Crippen molar-refractivity contribution in [2.75, 3.05) is 0 Å². The monoisotopic (exact) mass is 213 g/mol. The van der Waals surface area contributed by atoms with Crippen LogP contribution >= 0.6 is 0 Å². The fourth-order valence-corrected chi connectivity index (χ4v) is 1.12. The van der Waals surface area contributed by atoms with Crippen molar-refractivity contribution in [1.29, 1.82) is 5.26 Å². The molecule has 0 amide bonds. The molecule has 1 aromatic rings. The van der Waals surface area contributed by atoms with Gasteiger partial charge in [0.25, 0.3) is 0 Å². The Morgan fingerprint density at radius 2 is 2.07 bits per heavy atom. The van der Waals surface area contributed by atoms with E-state index in [1.54, 1.807) is 6.07 Å². The summed E-state index contributed by atoms with van der Waals surface area (Å²) in [5, 5.41) is 8.52. The molecule has 5 heteroatoms. The number of hydrogen-bond acceptors (Lipinski definition) is 2. The standard InChI is InChI=1S/C10H6F3NO/c1-15-9(10(11,12)13)8-4-2-3-7(5-8)6-14/h1-5,9H. The number of rotatable bonds is 2. The van der Waals surface area contributed by atoms with Crippen LogP contribution in [0.5, 0.6) is 0 Å². The largest absolute Gasteiger partial charge is 0.418 e. The van der Waals surface area contributed by atoms with Crippen LogP contribution < -0.4 is 0 Å². The van der Waals surface area contributed by atoms with Crippen LogP contribution in [0, 0.1) is 18.4 Å². The fraction of sp³-hybridized carbons (Fsp3) is 0.200. The van der Waals surface area contributed by atoms with Crippen LogP contribution in [-0.4, -0.2) is 6.18 Å². The number of nitriles is 1. The Kier molecular flexibility index (Phi) is 3.32. The van der Waals surface area contributed by atoms with Crippen LogP contribution in [0.15, 0.2) is 24.3 Å². The van der Waals surface area contributed by atoms with Gasteiger partial charge in [0.15, 0.2) is 6.10 Å². The topological polar surface area (TPSA) is 33.0 Å². The molecule has 15 heavy (non-hydrogen) atoms. The van der Waals surface area contributed by atoms with E-state index >= 15 is 0 Å². The Balaban J connectivity index is 3.09. The third kappa shape index (κ3) is 2.70. The molecule has 0 aliphatic rings. The molecule has 1 atom stereocenters. The van der Waals surface area contributed by atoms with Crippen molar-refractivity contribution in [1.82, 2.24) is 0 Å². The first-order valence-electron chi connectivity index (χ1n) is 3.91. The smallest absolute Gasteiger partial charge is 0.355 e. The second-order valence-corrected chi connectivity index (χ2v) is 2.80. The van der Waals surface area contributed by atoms with Gasteiger partial charge in [0.1, 0.15) is 7.11 Å². The summed E-state index contributed by atoms with van der Waals surface area (Å²) < 4.78 is 40.9. The summed E-state index contributed by atoms with van der Waals surface area (Å²) in [7, 11) is 4.58. The molecular weight excluding hydrogens is 207 g/mol. The Labute approximate surface area is 84.9 Å². The lowest BCUT2D eigenvalue weighted by Crippen LogP contribution is -2.21. The molecule has 0 aliphatic heterocycles. The van der Waals surface area contributed by atoms with Crippen LogP contribution in [0.2, 0.25) is 0 Å². The molecule has 0 N–H and O–H groups in total. The normalized spacial score (nSPS) is 13.3. The average Bonchev–Trinajstić information content (AvgIpc) is 2.17. The highest BCUT2D eigenvalue weighted by Crippen LogP contribution is 2.35. The van der Waals surface area contributed by atoms with E-state index in [1.165, 1.54) is 18.2 Å². The summed E-state index contributed by atoms with van der Waals surface area (Å²) in [5.74, 6) is 0. The molecule has 0 saturated heterocycles. The van der Waals surface area contributed by atoms with Crippen molar-refractivity contribution in [3.63, 3.8) is 0 Å². The first-order chi connectivity index (χ1) is 6.99. The molecule has 0 saturated carbocycles. The van der Waals surface area contributed by atoms with Gasteiger partial charge >= 0.3 is 6.18 Å². The number of halogens is 3. The van der Waals surface area contributed by atoms with Gasteiger partial charge < -0.3 is 4.74 Å². The zero-order chi connectivity index (χ0) is 11.5.